The number of hydrogen-bond donors (Lipinski definition) is 1. The van der Waals surface area contributed by atoms with Crippen LogP contribution in [0.1, 0.15) is 29.3 Å². The second-order valence-electron chi connectivity index (χ2n) is 7.26. The summed E-state index contributed by atoms with van der Waals surface area (Å²) in [4.78, 5) is 29.8. The van der Waals surface area contributed by atoms with Crippen molar-refractivity contribution in [3.05, 3.63) is 65.1 Å². The first-order valence-electron chi connectivity index (χ1n) is 9.66. The van der Waals surface area contributed by atoms with Crippen LogP contribution in [0, 0.1) is 13.8 Å². The first-order chi connectivity index (χ1) is 14.0. The lowest BCUT2D eigenvalue weighted by Crippen LogP contribution is -2.46. The maximum Gasteiger partial charge on any atom is 0.330 e. The predicted molar refractivity (Wildman–Crippen MR) is 115 cm³/mol. The fraction of sp³-hybridized carbons (Fsp3) is 0.273. The normalized spacial score (nSPS) is 13.4. The van der Waals surface area contributed by atoms with Crippen molar-refractivity contribution in [3.8, 4) is 0 Å². The molecule has 0 bridgehead atoms. The van der Waals surface area contributed by atoms with Crippen molar-refractivity contribution in [2.24, 2.45) is 0 Å². The van der Waals surface area contributed by atoms with Crippen LogP contribution in [-0.2, 0) is 13.0 Å². The Balaban J connectivity index is 1.64. The zero-order valence-electron chi connectivity index (χ0n) is 17.1. The molecule has 1 aromatic carbocycles. The van der Waals surface area contributed by atoms with E-state index in [1.54, 1.807) is 29.2 Å². The summed E-state index contributed by atoms with van der Waals surface area (Å²) in [5, 5.41) is 3.15. The summed E-state index contributed by atoms with van der Waals surface area (Å²) >= 11 is 0. The van der Waals surface area contributed by atoms with Crippen molar-refractivity contribution in [2.45, 2.75) is 33.7 Å². The Hall–Kier alpha value is -3.48. The average Bonchev–Trinajstić information content (AvgIpc) is 2.73. The quantitative estimate of drug-likeness (QED) is 0.718. The highest BCUT2D eigenvalue weighted by molar-refractivity contribution is 6.05. The fourth-order valence-corrected chi connectivity index (χ4v) is 3.39. The molecule has 0 saturated carbocycles. The molecule has 7 heteroatoms. The maximum atomic E-state index is 13.1. The molecule has 29 heavy (non-hydrogen) atoms. The lowest BCUT2D eigenvalue weighted by molar-refractivity contribution is 0.251. The molecule has 1 N–H and O–H groups in total. The van der Waals surface area contributed by atoms with Gasteiger partial charge in [-0.15, -0.1) is 0 Å². The minimum absolute atomic E-state index is 0.101. The number of rotatable bonds is 4. The summed E-state index contributed by atoms with van der Waals surface area (Å²) in [7, 11) is 1.75. The van der Waals surface area contributed by atoms with Gasteiger partial charge in [0.15, 0.2) is 0 Å². The van der Waals surface area contributed by atoms with E-state index in [1.165, 1.54) is 5.56 Å². The lowest BCUT2D eigenvalue weighted by atomic mass is 10.1. The average molecular weight is 388 g/mol. The van der Waals surface area contributed by atoms with Crippen molar-refractivity contribution in [3.63, 3.8) is 0 Å². The summed E-state index contributed by atoms with van der Waals surface area (Å²) in [5.74, 6) is 1.06. The van der Waals surface area contributed by atoms with E-state index < -0.39 is 0 Å². The predicted octanol–water partition coefficient (Wildman–Crippen LogP) is 4.37. The Labute approximate surface area is 170 Å². The number of nitrogens with zero attached hydrogens (tertiary/aromatic N) is 5. The van der Waals surface area contributed by atoms with Crippen LogP contribution >= 0.6 is 0 Å². The second-order valence-corrected chi connectivity index (χ2v) is 7.26. The topological polar surface area (TPSA) is 74.2 Å². The third-order valence-corrected chi connectivity index (χ3v) is 5.15. The van der Waals surface area contributed by atoms with Gasteiger partial charge < -0.3 is 5.32 Å². The number of urea groups is 1. The Morgan fingerprint density at radius 3 is 2.66 bits per heavy atom. The molecule has 0 fully saturated rings. The Morgan fingerprint density at radius 2 is 1.93 bits per heavy atom. The van der Waals surface area contributed by atoms with Gasteiger partial charge in [-0.1, -0.05) is 19.1 Å². The molecule has 0 saturated heterocycles. The summed E-state index contributed by atoms with van der Waals surface area (Å²) in [6.07, 6.45) is 4.44. The van der Waals surface area contributed by atoms with Gasteiger partial charge in [-0.05, 0) is 49.6 Å². The van der Waals surface area contributed by atoms with E-state index >= 15 is 0 Å². The van der Waals surface area contributed by atoms with Crippen molar-refractivity contribution in [1.29, 1.82) is 0 Å². The molecule has 1 aliphatic heterocycles. The van der Waals surface area contributed by atoms with Crippen LogP contribution in [0.25, 0.3) is 0 Å². The number of carbonyl (C=O) groups excluding carboxylic acids is 1. The number of pyridine rings is 1. The minimum atomic E-state index is -0.101. The smallest absolute Gasteiger partial charge is 0.323 e. The number of benzene rings is 1. The molecule has 2 amide bonds. The van der Waals surface area contributed by atoms with E-state index in [2.05, 4.69) is 45.4 Å². The van der Waals surface area contributed by atoms with Crippen LogP contribution in [0.4, 0.5) is 27.9 Å². The summed E-state index contributed by atoms with van der Waals surface area (Å²) < 4.78 is 0. The van der Waals surface area contributed by atoms with Crippen LogP contribution in [0.15, 0.2) is 42.7 Å². The number of nitrogens with one attached hydrogen (secondary N) is 1. The molecule has 0 unspecified atom stereocenters. The summed E-state index contributed by atoms with van der Waals surface area (Å²) in [5.41, 5.74) is 5.84. The Bertz CT molecular complexity index is 1060. The van der Waals surface area contributed by atoms with Gasteiger partial charge >= 0.3 is 6.03 Å². The van der Waals surface area contributed by atoms with Crippen molar-refractivity contribution in [1.82, 2.24) is 15.0 Å². The van der Waals surface area contributed by atoms with Crippen molar-refractivity contribution in [2.75, 3.05) is 22.2 Å². The largest absolute Gasteiger partial charge is 0.330 e. The number of anilines is 4. The lowest BCUT2D eigenvalue weighted by Gasteiger charge is -2.35. The number of hydrogen-bond acceptors (Lipinski definition) is 5. The van der Waals surface area contributed by atoms with Gasteiger partial charge in [0.05, 0.1) is 18.4 Å². The highest BCUT2D eigenvalue weighted by atomic mass is 16.2. The number of carbonyl (C=O) groups is 1. The zero-order chi connectivity index (χ0) is 20.5. The van der Waals surface area contributed by atoms with Gasteiger partial charge in [-0.2, -0.15) is 4.98 Å². The maximum absolute atomic E-state index is 13.1. The molecule has 2 aromatic heterocycles. The SMILES string of the molecule is CCc1ccc(C)c(N2Cc3cnc(Nc4ccc(C)nc4)nc3N(C)C2=O)c1. The molecule has 7 nitrogen and oxygen atoms in total. The van der Waals surface area contributed by atoms with Crippen LogP contribution in [0.3, 0.4) is 0 Å². The van der Waals surface area contributed by atoms with Gasteiger partial charge in [0, 0.05) is 30.2 Å². The molecular weight excluding hydrogens is 364 g/mol. The highest BCUT2D eigenvalue weighted by Crippen LogP contribution is 2.32. The molecule has 0 aliphatic carbocycles. The van der Waals surface area contributed by atoms with Crippen LogP contribution in [-0.4, -0.2) is 28.0 Å². The van der Waals surface area contributed by atoms with E-state index in [0.717, 1.165) is 34.6 Å². The van der Waals surface area contributed by atoms with E-state index in [1.807, 2.05) is 26.0 Å². The fourth-order valence-electron chi connectivity index (χ4n) is 3.39. The van der Waals surface area contributed by atoms with Crippen LogP contribution < -0.4 is 15.1 Å². The third kappa shape index (κ3) is 3.63. The molecule has 3 aromatic rings. The third-order valence-electron chi connectivity index (χ3n) is 5.15. The van der Waals surface area contributed by atoms with Gasteiger partial charge in [0.25, 0.3) is 0 Å². The second kappa shape index (κ2) is 7.50. The monoisotopic (exact) mass is 388 g/mol. The standard InChI is InChI=1S/C22H24N6O/c1-5-16-8-6-14(2)19(10-16)28-13-17-11-24-21(26-20(17)27(4)22(28)29)25-18-9-7-15(3)23-12-18/h6-12H,5,13H2,1-4H3,(H,24,25,26). The van der Waals surface area contributed by atoms with E-state index in [9.17, 15) is 4.79 Å². The number of fused-ring (bicyclic) bond motifs is 1. The molecule has 3 heterocycles. The highest BCUT2D eigenvalue weighted by Gasteiger charge is 2.31. The Kier molecular flexibility index (Phi) is 4.88. The van der Waals surface area contributed by atoms with Crippen LogP contribution in [0.2, 0.25) is 0 Å². The van der Waals surface area contributed by atoms with Crippen molar-refractivity contribution < 1.29 is 4.79 Å². The van der Waals surface area contributed by atoms with Crippen molar-refractivity contribution >= 4 is 29.2 Å². The molecule has 4 rings (SSSR count). The van der Waals surface area contributed by atoms with Gasteiger partial charge in [0.2, 0.25) is 5.95 Å². The first-order valence-corrected chi connectivity index (χ1v) is 9.66. The van der Waals surface area contributed by atoms with E-state index in [0.29, 0.717) is 18.3 Å². The van der Waals surface area contributed by atoms with E-state index in [-0.39, 0.29) is 6.03 Å². The van der Waals surface area contributed by atoms with Gasteiger partial charge in [-0.3, -0.25) is 14.8 Å². The number of amides is 2. The Morgan fingerprint density at radius 1 is 1.10 bits per heavy atom. The summed E-state index contributed by atoms with van der Waals surface area (Å²) in [6.45, 7) is 6.51. The number of aromatic nitrogens is 3. The molecule has 0 radical (unpaired) electrons. The minimum Gasteiger partial charge on any atom is -0.323 e. The van der Waals surface area contributed by atoms with Gasteiger partial charge in [0.1, 0.15) is 5.82 Å². The molecule has 0 atom stereocenters. The van der Waals surface area contributed by atoms with Gasteiger partial charge in [-0.25, -0.2) is 9.78 Å². The summed E-state index contributed by atoms with van der Waals surface area (Å²) in [6, 6.07) is 10.00. The molecule has 0 spiro atoms. The molecule has 148 valence electrons. The zero-order valence-corrected chi connectivity index (χ0v) is 17.1. The first kappa shape index (κ1) is 18.9. The van der Waals surface area contributed by atoms with Crippen LogP contribution in [0.5, 0.6) is 0 Å². The number of aryl methyl sites for hydroxylation is 3. The molecule has 1 aliphatic rings. The molecular formula is C22H24N6O. The van der Waals surface area contributed by atoms with E-state index in [4.69, 9.17) is 0 Å².